The molecule has 2 heterocycles. The van der Waals surface area contributed by atoms with Crippen LogP contribution in [0.25, 0.3) is 0 Å². The number of rotatable bonds is 2. The molecule has 1 aliphatic heterocycles. The molecule has 4 nitrogen and oxygen atoms in total. The summed E-state index contributed by atoms with van der Waals surface area (Å²) in [5, 5.41) is 0.707. The van der Waals surface area contributed by atoms with E-state index in [4.69, 9.17) is 11.6 Å². The Labute approximate surface area is 128 Å². The van der Waals surface area contributed by atoms with E-state index in [0.29, 0.717) is 10.7 Å². The highest BCUT2D eigenvalue weighted by Gasteiger charge is 2.31. The number of hydrogen-bond acceptors (Lipinski definition) is 3. The van der Waals surface area contributed by atoms with Crippen molar-refractivity contribution in [2.24, 2.45) is 0 Å². The van der Waals surface area contributed by atoms with Crippen LogP contribution in [0.4, 0.5) is 0 Å². The number of benzene rings is 1. The maximum absolute atomic E-state index is 12.6. The molecule has 108 valence electrons. The van der Waals surface area contributed by atoms with Gasteiger partial charge < -0.3 is 4.90 Å². The zero-order valence-electron chi connectivity index (χ0n) is 11.8. The predicted molar refractivity (Wildman–Crippen MR) is 81.2 cm³/mol. The Kier molecular flexibility index (Phi) is 3.88. The summed E-state index contributed by atoms with van der Waals surface area (Å²) in [5.74, 6) is -0.0556. The Bertz CT molecular complexity index is 640. The van der Waals surface area contributed by atoms with Crippen molar-refractivity contribution in [3.63, 3.8) is 0 Å². The smallest absolute Gasteiger partial charge is 0.274 e. The molecule has 1 aromatic carbocycles. The van der Waals surface area contributed by atoms with Crippen LogP contribution in [-0.2, 0) is 0 Å². The Balaban J connectivity index is 1.85. The Morgan fingerprint density at radius 3 is 2.67 bits per heavy atom. The van der Waals surface area contributed by atoms with Crippen molar-refractivity contribution in [3.05, 3.63) is 58.6 Å². The van der Waals surface area contributed by atoms with Crippen molar-refractivity contribution in [2.75, 3.05) is 6.54 Å². The van der Waals surface area contributed by atoms with Crippen LogP contribution in [-0.4, -0.2) is 27.3 Å². The van der Waals surface area contributed by atoms with Crippen molar-refractivity contribution < 1.29 is 4.79 Å². The average molecular weight is 302 g/mol. The lowest BCUT2D eigenvalue weighted by Gasteiger charge is -2.24. The Hall–Kier alpha value is -1.94. The van der Waals surface area contributed by atoms with Crippen LogP contribution in [0.5, 0.6) is 0 Å². The van der Waals surface area contributed by atoms with Crippen LogP contribution in [0, 0.1) is 6.92 Å². The van der Waals surface area contributed by atoms with E-state index in [1.165, 1.54) is 0 Å². The summed E-state index contributed by atoms with van der Waals surface area (Å²) in [6.07, 6.45) is 5.14. The Morgan fingerprint density at radius 2 is 2.00 bits per heavy atom. The number of aryl methyl sites for hydroxylation is 1. The van der Waals surface area contributed by atoms with E-state index in [1.54, 1.807) is 12.4 Å². The SMILES string of the molecule is Cc1cnc(C(=O)N2CCC[C@@H]2c2ccc(Cl)cc2)cn1. The number of carbonyl (C=O) groups excluding carboxylic acids is 1. The highest BCUT2D eigenvalue weighted by atomic mass is 35.5. The van der Waals surface area contributed by atoms with E-state index in [-0.39, 0.29) is 11.9 Å². The fraction of sp³-hybridized carbons (Fsp3) is 0.312. The maximum atomic E-state index is 12.6. The molecule has 1 aromatic heterocycles. The lowest BCUT2D eigenvalue weighted by atomic mass is 10.0. The number of nitrogens with zero attached hydrogens (tertiary/aromatic N) is 3. The van der Waals surface area contributed by atoms with E-state index >= 15 is 0 Å². The fourth-order valence-electron chi connectivity index (χ4n) is 2.69. The number of amides is 1. The number of likely N-dealkylation sites (tertiary alicyclic amines) is 1. The first kappa shape index (κ1) is 14.0. The molecule has 0 radical (unpaired) electrons. The second-order valence-electron chi connectivity index (χ2n) is 5.25. The van der Waals surface area contributed by atoms with Gasteiger partial charge in [0.1, 0.15) is 5.69 Å². The van der Waals surface area contributed by atoms with E-state index < -0.39 is 0 Å². The summed E-state index contributed by atoms with van der Waals surface area (Å²) in [4.78, 5) is 22.8. The average Bonchev–Trinajstić information content (AvgIpc) is 2.97. The van der Waals surface area contributed by atoms with Crippen LogP contribution in [0.15, 0.2) is 36.7 Å². The van der Waals surface area contributed by atoms with E-state index in [2.05, 4.69) is 9.97 Å². The van der Waals surface area contributed by atoms with Gasteiger partial charge in [0.25, 0.3) is 5.91 Å². The molecule has 1 aliphatic rings. The molecule has 0 saturated carbocycles. The minimum atomic E-state index is -0.0556. The number of hydrogen-bond donors (Lipinski definition) is 0. The van der Waals surface area contributed by atoms with Crippen LogP contribution in [0.1, 0.15) is 40.6 Å². The topological polar surface area (TPSA) is 46.1 Å². The molecule has 0 spiro atoms. The van der Waals surface area contributed by atoms with Crippen molar-refractivity contribution in [2.45, 2.75) is 25.8 Å². The second-order valence-corrected chi connectivity index (χ2v) is 5.69. The van der Waals surface area contributed by atoms with Gasteiger partial charge in [-0.25, -0.2) is 4.98 Å². The van der Waals surface area contributed by atoms with Gasteiger partial charge in [-0.3, -0.25) is 9.78 Å². The highest BCUT2D eigenvalue weighted by molar-refractivity contribution is 6.30. The van der Waals surface area contributed by atoms with Crippen LogP contribution >= 0.6 is 11.6 Å². The summed E-state index contributed by atoms with van der Waals surface area (Å²) >= 11 is 5.93. The molecule has 1 amide bonds. The van der Waals surface area contributed by atoms with Crippen LogP contribution in [0.2, 0.25) is 5.02 Å². The zero-order valence-corrected chi connectivity index (χ0v) is 12.5. The molecular formula is C16H16ClN3O. The molecule has 3 rings (SSSR count). The van der Waals surface area contributed by atoms with Gasteiger partial charge in [0.15, 0.2) is 0 Å². The summed E-state index contributed by atoms with van der Waals surface area (Å²) in [5.41, 5.74) is 2.33. The van der Waals surface area contributed by atoms with Gasteiger partial charge in [0.2, 0.25) is 0 Å². The Morgan fingerprint density at radius 1 is 1.24 bits per heavy atom. The number of halogens is 1. The van der Waals surface area contributed by atoms with Gasteiger partial charge in [0, 0.05) is 17.8 Å². The first-order chi connectivity index (χ1) is 10.1. The maximum Gasteiger partial charge on any atom is 0.274 e. The molecule has 0 unspecified atom stereocenters. The molecular weight excluding hydrogens is 286 g/mol. The monoisotopic (exact) mass is 301 g/mol. The number of aromatic nitrogens is 2. The molecule has 0 N–H and O–H groups in total. The molecule has 5 heteroatoms. The van der Waals surface area contributed by atoms with Crippen molar-refractivity contribution in [1.29, 1.82) is 0 Å². The summed E-state index contributed by atoms with van der Waals surface area (Å²) in [6, 6.07) is 7.80. The van der Waals surface area contributed by atoms with Gasteiger partial charge in [-0.1, -0.05) is 23.7 Å². The summed E-state index contributed by atoms with van der Waals surface area (Å²) in [7, 11) is 0. The van der Waals surface area contributed by atoms with Gasteiger partial charge in [0.05, 0.1) is 17.9 Å². The standard InChI is InChI=1S/C16H16ClN3O/c1-11-9-19-14(10-18-11)16(21)20-8-2-3-15(20)12-4-6-13(17)7-5-12/h4-7,9-10,15H,2-3,8H2,1H3/t15-/m1/s1. The molecule has 21 heavy (non-hydrogen) atoms. The largest absolute Gasteiger partial charge is 0.330 e. The first-order valence-electron chi connectivity index (χ1n) is 7.00. The van der Waals surface area contributed by atoms with Crippen molar-refractivity contribution in [1.82, 2.24) is 14.9 Å². The highest BCUT2D eigenvalue weighted by Crippen LogP contribution is 2.33. The van der Waals surface area contributed by atoms with E-state index in [1.807, 2.05) is 36.1 Å². The lowest BCUT2D eigenvalue weighted by molar-refractivity contribution is 0.0729. The fourth-order valence-corrected chi connectivity index (χ4v) is 2.82. The molecule has 1 atom stereocenters. The minimum absolute atomic E-state index is 0.0556. The van der Waals surface area contributed by atoms with Crippen LogP contribution in [0.3, 0.4) is 0 Å². The molecule has 0 bridgehead atoms. The zero-order chi connectivity index (χ0) is 14.8. The van der Waals surface area contributed by atoms with Gasteiger partial charge in [-0.2, -0.15) is 0 Å². The third kappa shape index (κ3) is 2.90. The molecule has 0 aliphatic carbocycles. The predicted octanol–water partition coefficient (Wildman–Crippen LogP) is 3.42. The first-order valence-corrected chi connectivity index (χ1v) is 7.38. The lowest BCUT2D eigenvalue weighted by Crippen LogP contribution is -2.31. The van der Waals surface area contributed by atoms with Gasteiger partial charge in [-0.05, 0) is 37.5 Å². The van der Waals surface area contributed by atoms with Gasteiger partial charge >= 0.3 is 0 Å². The second kappa shape index (κ2) is 5.82. The normalized spacial score (nSPS) is 18.0. The van der Waals surface area contributed by atoms with E-state index in [9.17, 15) is 4.79 Å². The van der Waals surface area contributed by atoms with Crippen molar-refractivity contribution in [3.8, 4) is 0 Å². The minimum Gasteiger partial charge on any atom is -0.330 e. The van der Waals surface area contributed by atoms with Gasteiger partial charge in [-0.15, -0.1) is 0 Å². The molecule has 2 aromatic rings. The number of carbonyl (C=O) groups is 1. The third-order valence-corrected chi connectivity index (χ3v) is 4.02. The van der Waals surface area contributed by atoms with Crippen molar-refractivity contribution >= 4 is 17.5 Å². The van der Waals surface area contributed by atoms with E-state index in [0.717, 1.165) is 30.6 Å². The molecule has 1 fully saturated rings. The molecule has 1 saturated heterocycles. The summed E-state index contributed by atoms with van der Waals surface area (Å²) < 4.78 is 0. The third-order valence-electron chi connectivity index (χ3n) is 3.77. The summed E-state index contributed by atoms with van der Waals surface area (Å²) in [6.45, 7) is 2.61. The van der Waals surface area contributed by atoms with Crippen LogP contribution < -0.4 is 0 Å². The quantitative estimate of drug-likeness (QED) is 0.854.